The lowest BCUT2D eigenvalue weighted by Crippen LogP contribution is -2.46. The van der Waals surface area contributed by atoms with Gasteiger partial charge in [-0.15, -0.1) is 0 Å². The predicted molar refractivity (Wildman–Crippen MR) is 117 cm³/mol. The first-order valence-corrected chi connectivity index (χ1v) is 10.6. The van der Waals surface area contributed by atoms with E-state index in [0.29, 0.717) is 0 Å². The number of fused-ring (bicyclic) bond motifs is 3. The number of carboxylic acids is 1. The predicted octanol–water partition coefficient (Wildman–Crippen LogP) is 3.78. The summed E-state index contributed by atoms with van der Waals surface area (Å²) in [5.41, 5.74) is 4.31. The summed E-state index contributed by atoms with van der Waals surface area (Å²) in [6, 6.07) is 15.1. The fourth-order valence-corrected chi connectivity index (χ4v) is 3.80. The molecule has 2 aromatic carbocycles. The number of carbonyl (C=O) groups is 3. The Balaban J connectivity index is 1.58. The van der Waals surface area contributed by atoms with Crippen molar-refractivity contribution in [1.82, 2.24) is 10.6 Å². The summed E-state index contributed by atoms with van der Waals surface area (Å²) in [7, 11) is 0. The summed E-state index contributed by atoms with van der Waals surface area (Å²) in [5.74, 6) is -7.50. The van der Waals surface area contributed by atoms with Crippen molar-refractivity contribution >= 4 is 18.0 Å². The van der Waals surface area contributed by atoms with Gasteiger partial charge in [-0.25, -0.2) is 9.59 Å². The first-order chi connectivity index (χ1) is 15.6. The molecule has 7 nitrogen and oxygen atoms in total. The van der Waals surface area contributed by atoms with Crippen LogP contribution in [0.5, 0.6) is 0 Å². The van der Waals surface area contributed by atoms with Crippen LogP contribution >= 0.6 is 0 Å². The normalized spacial score (nSPS) is 13.7. The molecule has 3 N–H and O–H groups in total. The molecule has 0 saturated carbocycles. The summed E-state index contributed by atoms with van der Waals surface area (Å²) >= 11 is 0. The summed E-state index contributed by atoms with van der Waals surface area (Å²) in [4.78, 5) is 35.0. The average Bonchev–Trinajstić information content (AvgIpc) is 3.09. The number of alkyl carbamates (subject to hydrolysis) is 1. The van der Waals surface area contributed by atoms with E-state index in [1.165, 1.54) is 0 Å². The monoisotopic (exact) mass is 460 g/mol. The maximum absolute atomic E-state index is 13.2. The van der Waals surface area contributed by atoms with Gasteiger partial charge in [0.25, 0.3) is 0 Å². The Morgan fingerprint density at radius 2 is 1.58 bits per heavy atom. The molecule has 2 aromatic rings. The number of aliphatic carboxylic acids is 1. The van der Waals surface area contributed by atoms with Crippen LogP contribution in [0.2, 0.25) is 0 Å². The third-order valence-corrected chi connectivity index (χ3v) is 5.68. The van der Waals surface area contributed by atoms with Crippen molar-refractivity contribution in [2.24, 2.45) is 5.92 Å². The molecule has 1 unspecified atom stereocenters. The Hall–Kier alpha value is -3.49. The molecule has 176 valence electrons. The molecule has 0 spiro atoms. The van der Waals surface area contributed by atoms with E-state index in [9.17, 15) is 23.2 Å². The number of hydrogen-bond acceptors (Lipinski definition) is 4. The summed E-state index contributed by atoms with van der Waals surface area (Å²) in [6.07, 6.45) is -1.02. The van der Waals surface area contributed by atoms with Gasteiger partial charge in [0, 0.05) is 18.4 Å². The van der Waals surface area contributed by atoms with Crippen LogP contribution in [0.15, 0.2) is 48.5 Å². The quantitative estimate of drug-likeness (QED) is 0.528. The topological polar surface area (TPSA) is 105 Å². The number of carbonyl (C=O) groups excluding carboxylic acids is 2. The van der Waals surface area contributed by atoms with E-state index in [-0.39, 0.29) is 24.9 Å². The standard InChI is InChI=1S/C24H26F2N2O5/c1-14(2)20(11-21(29)27-13-24(25,26)22(30)31)28-23(32)33-12-19-17-9-5-3-7-15(17)16-8-4-6-10-18(16)19/h3-10,14,19-20H,11-13H2,1-2H3,(H,27,29)(H,28,32)(H,30,31). The second-order valence-electron chi connectivity index (χ2n) is 8.31. The van der Waals surface area contributed by atoms with Crippen LogP contribution in [0.4, 0.5) is 13.6 Å². The molecule has 0 aromatic heterocycles. The molecule has 1 aliphatic carbocycles. The lowest BCUT2D eigenvalue weighted by Gasteiger charge is -2.23. The average molecular weight is 460 g/mol. The molecule has 3 rings (SSSR count). The molecular formula is C24H26F2N2O5. The Bertz CT molecular complexity index is 996. The second kappa shape index (κ2) is 9.97. The summed E-state index contributed by atoms with van der Waals surface area (Å²) in [6.45, 7) is 2.29. The van der Waals surface area contributed by atoms with Crippen molar-refractivity contribution in [2.75, 3.05) is 13.2 Å². The zero-order valence-corrected chi connectivity index (χ0v) is 18.3. The van der Waals surface area contributed by atoms with E-state index < -0.39 is 36.5 Å². The Morgan fingerprint density at radius 3 is 2.09 bits per heavy atom. The van der Waals surface area contributed by atoms with Crippen molar-refractivity contribution < 1.29 is 33.0 Å². The third-order valence-electron chi connectivity index (χ3n) is 5.68. The summed E-state index contributed by atoms with van der Waals surface area (Å²) < 4.78 is 31.8. The van der Waals surface area contributed by atoms with Crippen molar-refractivity contribution in [2.45, 2.75) is 38.2 Å². The zero-order chi connectivity index (χ0) is 24.2. The Labute approximate surface area is 190 Å². The van der Waals surface area contributed by atoms with Gasteiger partial charge in [-0.3, -0.25) is 4.79 Å². The number of hydrogen-bond donors (Lipinski definition) is 3. The maximum Gasteiger partial charge on any atom is 0.407 e. The largest absolute Gasteiger partial charge is 0.477 e. The van der Waals surface area contributed by atoms with Crippen LogP contribution in [0, 0.1) is 5.92 Å². The molecule has 9 heteroatoms. The number of alkyl halides is 2. The number of benzene rings is 2. The van der Waals surface area contributed by atoms with E-state index in [4.69, 9.17) is 9.84 Å². The van der Waals surface area contributed by atoms with Gasteiger partial charge in [0.15, 0.2) is 0 Å². The first kappa shape index (κ1) is 24.2. The van der Waals surface area contributed by atoms with Crippen molar-refractivity contribution in [1.29, 1.82) is 0 Å². The highest BCUT2D eigenvalue weighted by atomic mass is 19.3. The highest BCUT2D eigenvalue weighted by Gasteiger charge is 2.39. The maximum atomic E-state index is 13.2. The van der Waals surface area contributed by atoms with Crippen molar-refractivity contribution in [3.63, 3.8) is 0 Å². The third kappa shape index (κ3) is 5.66. The lowest BCUT2D eigenvalue weighted by atomic mass is 9.98. The van der Waals surface area contributed by atoms with Gasteiger partial charge in [0.05, 0.1) is 6.54 Å². The SMILES string of the molecule is CC(C)C(CC(=O)NCC(F)(F)C(=O)O)NC(=O)OCC1c2ccccc2-c2ccccc21. The molecule has 0 radical (unpaired) electrons. The Kier molecular flexibility index (Phi) is 7.30. The number of ether oxygens (including phenoxy) is 1. The fourth-order valence-electron chi connectivity index (χ4n) is 3.80. The minimum absolute atomic E-state index is 0.0989. The molecule has 0 fully saturated rings. The van der Waals surface area contributed by atoms with E-state index in [2.05, 4.69) is 5.32 Å². The van der Waals surface area contributed by atoms with E-state index >= 15 is 0 Å². The lowest BCUT2D eigenvalue weighted by molar-refractivity contribution is -0.164. The van der Waals surface area contributed by atoms with Gasteiger partial charge < -0.3 is 20.5 Å². The highest BCUT2D eigenvalue weighted by Crippen LogP contribution is 2.44. The van der Waals surface area contributed by atoms with Gasteiger partial charge in [-0.05, 0) is 28.2 Å². The second-order valence-corrected chi connectivity index (χ2v) is 8.31. The van der Waals surface area contributed by atoms with Crippen LogP contribution in [0.3, 0.4) is 0 Å². The minimum atomic E-state index is -4.07. The molecule has 0 saturated heterocycles. The zero-order valence-electron chi connectivity index (χ0n) is 18.3. The molecule has 0 heterocycles. The van der Waals surface area contributed by atoms with Gasteiger partial charge >= 0.3 is 18.0 Å². The molecule has 0 bridgehead atoms. The fraction of sp³-hybridized carbons (Fsp3) is 0.375. The first-order valence-electron chi connectivity index (χ1n) is 10.6. The van der Waals surface area contributed by atoms with Crippen LogP contribution in [-0.2, 0) is 14.3 Å². The van der Waals surface area contributed by atoms with Crippen molar-refractivity contribution in [3.8, 4) is 11.1 Å². The smallest absolute Gasteiger partial charge is 0.407 e. The minimum Gasteiger partial charge on any atom is -0.477 e. The number of carboxylic acid groups (broad SMARTS) is 1. The van der Waals surface area contributed by atoms with Crippen LogP contribution < -0.4 is 10.6 Å². The van der Waals surface area contributed by atoms with E-state index in [0.717, 1.165) is 22.3 Å². The molecule has 2 amide bonds. The number of rotatable bonds is 9. The molecule has 1 atom stereocenters. The van der Waals surface area contributed by atoms with Crippen LogP contribution in [0.1, 0.15) is 37.3 Å². The van der Waals surface area contributed by atoms with E-state index in [1.807, 2.05) is 53.8 Å². The molecule has 33 heavy (non-hydrogen) atoms. The summed E-state index contributed by atoms with van der Waals surface area (Å²) in [5, 5.41) is 13.0. The molecular weight excluding hydrogens is 434 g/mol. The van der Waals surface area contributed by atoms with Crippen LogP contribution in [-0.4, -0.2) is 48.2 Å². The van der Waals surface area contributed by atoms with Gasteiger partial charge in [0.1, 0.15) is 6.61 Å². The van der Waals surface area contributed by atoms with E-state index in [1.54, 1.807) is 13.8 Å². The van der Waals surface area contributed by atoms with Gasteiger partial charge in [-0.1, -0.05) is 62.4 Å². The molecule has 0 aliphatic heterocycles. The van der Waals surface area contributed by atoms with Gasteiger partial charge in [0.2, 0.25) is 5.91 Å². The number of amides is 2. The number of nitrogens with one attached hydrogen (secondary N) is 2. The van der Waals surface area contributed by atoms with Gasteiger partial charge in [-0.2, -0.15) is 8.78 Å². The van der Waals surface area contributed by atoms with Crippen molar-refractivity contribution in [3.05, 3.63) is 59.7 Å². The highest BCUT2D eigenvalue weighted by molar-refractivity contribution is 5.81. The molecule has 1 aliphatic rings. The van der Waals surface area contributed by atoms with Crippen LogP contribution in [0.25, 0.3) is 11.1 Å². The number of halogens is 2. The Morgan fingerprint density at radius 1 is 1.03 bits per heavy atom.